The molecule has 0 aromatic rings. The Bertz CT molecular complexity index is 209. The Morgan fingerprint density at radius 2 is 1.94 bits per heavy atom. The molecule has 1 N–H and O–H groups in total. The molecule has 0 spiro atoms. The van der Waals surface area contributed by atoms with Crippen molar-refractivity contribution >= 4 is 5.97 Å². The minimum absolute atomic E-state index is 0.240. The number of rotatable bonds is 6. The van der Waals surface area contributed by atoms with Gasteiger partial charge in [-0.05, 0) is 19.3 Å². The van der Waals surface area contributed by atoms with E-state index in [1.807, 2.05) is 0 Å². The highest BCUT2D eigenvalue weighted by Gasteiger charge is 2.29. The molecule has 1 aliphatic rings. The minimum atomic E-state index is -0.626. The Morgan fingerprint density at radius 1 is 1.25 bits per heavy atom. The van der Waals surface area contributed by atoms with Crippen LogP contribution < -0.4 is 0 Å². The summed E-state index contributed by atoms with van der Waals surface area (Å²) in [7, 11) is 1.57. The van der Waals surface area contributed by atoms with Crippen molar-refractivity contribution in [1.82, 2.24) is 0 Å². The van der Waals surface area contributed by atoms with Crippen molar-refractivity contribution in [3.63, 3.8) is 0 Å². The van der Waals surface area contributed by atoms with E-state index in [0.29, 0.717) is 26.1 Å². The lowest BCUT2D eigenvalue weighted by molar-refractivity contribution is -0.146. The minimum Gasteiger partial charge on any atom is -0.463 e. The third-order valence-corrected chi connectivity index (χ3v) is 3.13. The zero-order chi connectivity index (χ0) is 11.9. The van der Waals surface area contributed by atoms with Crippen LogP contribution in [-0.4, -0.2) is 37.0 Å². The molecule has 0 aliphatic heterocycles. The van der Waals surface area contributed by atoms with E-state index in [4.69, 9.17) is 9.47 Å². The monoisotopic (exact) mass is 230 g/mol. The Morgan fingerprint density at radius 3 is 2.56 bits per heavy atom. The van der Waals surface area contributed by atoms with Crippen molar-refractivity contribution in [3.8, 4) is 0 Å². The van der Waals surface area contributed by atoms with Crippen molar-refractivity contribution in [1.29, 1.82) is 0 Å². The lowest BCUT2D eigenvalue weighted by Crippen LogP contribution is -2.32. The number of aliphatic hydroxyl groups is 1. The van der Waals surface area contributed by atoms with Crippen LogP contribution in [0.15, 0.2) is 0 Å². The molecule has 4 heteroatoms. The number of carbonyl (C=O) groups is 1. The average molecular weight is 230 g/mol. The summed E-state index contributed by atoms with van der Waals surface area (Å²) in [6, 6.07) is 0. The highest BCUT2D eigenvalue weighted by Crippen LogP contribution is 2.31. The quantitative estimate of drug-likeness (QED) is 0.557. The lowest BCUT2D eigenvalue weighted by Gasteiger charge is -2.31. The van der Waals surface area contributed by atoms with Gasteiger partial charge in [-0.1, -0.05) is 19.3 Å². The highest BCUT2D eigenvalue weighted by atomic mass is 16.6. The lowest BCUT2D eigenvalue weighted by atomic mass is 9.82. The topological polar surface area (TPSA) is 55.8 Å². The van der Waals surface area contributed by atoms with E-state index in [1.54, 1.807) is 7.11 Å². The van der Waals surface area contributed by atoms with Gasteiger partial charge in [0.05, 0.1) is 12.2 Å². The Balaban J connectivity index is 2.14. The van der Waals surface area contributed by atoms with Gasteiger partial charge in [0.25, 0.3) is 0 Å². The third kappa shape index (κ3) is 4.94. The van der Waals surface area contributed by atoms with Crippen LogP contribution in [0.4, 0.5) is 0 Å². The summed E-state index contributed by atoms with van der Waals surface area (Å²) in [5, 5.41) is 10.2. The molecule has 94 valence electrons. The summed E-state index contributed by atoms with van der Waals surface area (Å²) in [4.78, 5) is 11.3. The first kappa shape index (κ1) is 13.5. The number of ether oxygens (including phenoxy) is 2. The molecule has 0 bridgehead atoms. The second-order valence-electron chi connectivity index (χ2n) is 4.50. The summed E-state index contributed by atoms with van der Waals surface area (Å²) < 4.78 is 9.72. The molecule has 1 fully saturated rings. The SMILES string of the molecule is COCCOC(=O)CCC1(O)CCCCC1. The van der Waals surface area contributed by atoms with E-state index in [-0.39, 0.29) is 5.97 Å². The molecule has 0 aromatic carbocycles. The van der Waals surface area contributed by atoms with E-state index < -0.39 is 5.60 Å². The normalized spacial score (nSPS) is 19.4. The largest absolute Gasteiger partial charge is 0.463 e. The first-order valence-corrected chi connectivity index (χ1v) is 6.03. The van der Waals surface area contributed by atoms with Crippen molar-refractivity contribution in [2.75, 3.05) is 20.3 Å². The zero-order valence-corrected chi connectivity index (χ0v) is 10.0. The van der Waals surface area contributed by atoms with Crippen LogP contribution in [0.2, 0.25) is 0 Å². The number of esters is 1. The van der Waals surface area contributed by atoms with Crippen molar-refractivity contribution < 1.29 is 19.4 Å². The second-order valence-corrected chi connectivity index (χ2v) is 4.50. The van der Waals surface area contributed by atoms with E-state index in [0.717, 1.165) is 25.7 Å². The van der Waals surface area contributed by atoms with Crippen molar-refractivity contribution in [3.05, 3.63) is 0 Å². The van der Waals surface area contributed by atoms with Gasteiger partial charge in [-0.25, -0.2) is 0 Å². The van der Waals surface area contributed by atoms with Crippen LogP contribution in [0.25, 0.3) is 0 Å². The second kappa shape index (κ2) is 6.86. The highest BCUT2D eigenvalue weighted by molar-refractivity contribution is 5.69. The molecule has 1 rings (SSSR count). The van der Waals surface area contributed by atoms with Crippen LogP contribution in [0, 0.1) is 0 Å². The van der Waals surface area contributed by atoms with E-state index >= 15 is 0 Å². The number of hydrogen-bond donors (Lipinski definition) is 1. The van der Waals surface area contributed by atoms with Gasteiger partial charge < -0.3 is 14.6 Å². The van der Waals surface area contributed by atoms with E-state index in [9.17, 15) is 9.90 Å². The average Bonchev–Trinajstić information content (AvgIpc) is 2.28. The summed E-state index contributed by atoms with van der Waals surface area (Å²) in [5.74, 6) is -0.240. The summed E-state index contributed by atoms with van der Waals surface area (Å²) in [5.41, 5.74) is -0.626. The zero-order valence-electron chi connectivity index (χ0n) is 10.0. The number of methoxy groups -OCH3 is 1. The molecular weight excluding hydrogens is 208 g/mol. The van der Waals surface area contributed by atoms with Crippen LogP contribution in [-0.2, 0) is 14.3 Å². The van der Waals surface area contributed by atoms with Crippen molar-refractivity contribution in [2.24, 2.45) is 0 Å². The molecule has 0 unspecified atom stereocenters. The fraction of sp³-hybridized carbons (Fsp3) is 0.917. The first-order valence-electron chi connectivity index (χ1n) is 6.03. The molecular formula is C12H22O4. The van der Waals surface area contributed by atoms with Crippen LogP contribution in [0.1, 0.15) is 44.9 Å². The maximum absolute atomic E-state index is 11.3. The number of carbonyl (C=O) groups excluding carboxylic acids is 1. The maximum atomic E-state index is 11.3. The predicted molar refractivity (Wildman–Crippen MR) is 60.1 cm³/mol. The molecule has 0 saturated heterocycles. The van der Waals surface area contributed by atoms with Crippen LogP contribution in [0.3, 0.4) is 0 Å². The Hall–Kier alpha value is -0.610. The molecule has 4 nitrogen and oxygen atoms in total. The Labute approximate surface area is 96.9 Å². The smallest absolute Gasteiger partial charge is 0.305 e. The molecule has 0 amide bonds. The Kier molecular flexibility index (Phi) is 5.77. The summed E-state index contributed by atoms with van der Waals surface area (Å²) >= 11 is 0. The standard InChI is InChI=1S/C12H22O4/c1-15-9-10-16-11(13)5-8-12(14)6-3-2-4-7-12/h14H,2-10H2,1H3. The fourth-order valence-corrected chi connectivity index (χ4v) is 2.11. The molecule has 0 atom stereocenters. The van der Waals surface area contributed by atoms with Gasteiger partial charge in [0, 0.05) is 13.5 Å². The predicted octanol–water partition coefficient (Wildman–Crippen LogP) is 1.65. The molecule has 0 radical (unpaired) electrons. The summed E-state index contributed by atoms with van der Waals surface area (Å²) in [6.45, 7) is 0.726. The van der Waals surface area contributed by atoms with Gasteiger partial charge >= 0.3 is 5.97 Å². The van der Waals surface area contributed by atoms with Gasteiger partial charge in [-0.15, -0.1) is 0 Å². The molecule has 0 aromatic heterocycles. The van der Waals surface area contributed by atoms with Gasteiger partial charge in [-0.3, -0.25) is 4.79 Å². The van der Waals surface area contributed by atoms with Crippen LogP contribution in [0.5, 0.6) is 0 Å². The molecule has 1 aliphatic carbocycles. The third-order valence-electron chi connectivity index (χ3n) is 3.13. The first-order chi connectivity index (χ1) is 7.66. The van der Waals surface area contributed by atoms with Crippen LogP contribution >= 0.6 is 0 Å². The van der Waals surface area contributed by atoms with Gasteiger partial charge in [-0.2, -0.15) is 0 Å². The van der Waals surface area contributed by atoms with E-state index in [2.05, 4.69) is 0 Å². The van der Waals surface area contributed by atoms with Crippen molar-refractivity contribution in [2.45, 2.75) is 50.5 Å². The fourth-order valence-electron chi connectivity index (χ4n) is 2.11. The maximum Gasteiger partial charge on any atom is 0.305 e. The van der Waals surface area contributed by atoms with Gasteiger partial charge in [0.15, 0.2) is 0 Å². The van der Waals surface area contributed by atoms with Gasteiger partial charge in [0.1, 0.15) is 6.61 Å². The van der Waals surface area contributed by atoms with E-state index in [1.165, 1.54) is 6.42 Å². The molecule has 16 heavy (non-hydrogen) atoms. The molecule has 1 saturated carbocycles. The number of hydrogen-bond acceptors (Lipinski definition) is 4. The molecule has 0 heterocycles. The van der Waals surface area contributed by atoms with Gasteiger partial charge in [0.2, 0.25) is 0 Å². The summed E-state index contributed by atoms with van der Waals surface area (Å²) in [6.07, 6.45) is 5.79.